The lowest BCUT2D eigenvalue weighted by molar-refractivity contribution is -0.142. The Morgan fingerprint density at radius 1 is 0.842 bits per heavy atom. The van der Waals surface area contributed by atoms with Gasteiger partial charge >= 0.3 is 11.9 Å². The molecule has 9 N–H and O–H groups in total. The number of thioether (sulfide) groups is 1. The molecule has 0 heterocycles. The van der Waals surface area contributed by atoms with Gasteiger partial charge in [0, 0.05) is 12.8 Å². The fourth-order valence-electron chi connectivity index (χ4n) is 3.55. The number of hydrogen-bond acceptors (Lipinski definition) is 8. The third kappa shape index (κ3) is 12.9. The van der Waals surface area contributed by atoms with Crippen molar-refractivity contribution in [3.8, 4) is 0 Å². The highest BCUT2D eigenvalue weighted by molar-refractivity contribution is 7.98. The summed E-state index contributed by atoms with van der Waals surface area (Å²) in [6.45, 7) is 0.404. The summed E-state index contributed by atoms with van der Waals surface area (Å²) < 4.78 is 0. The van der Waals surface area contributed by atoms with Crippen LogP contribution in [-0.2, 0) is 30.4 Å². The van der Waals surface area contributed by atoms with E-state index in [9.17, 15) is 29.1 Å². The molecule has 1 aromatic carbocycles. The van der Waals surface area contributed by atoms with E-state index < -0.39 is 53.8 Å². The number of rotatable bonds is 19. The molecule has 1 rings (SSSR count). The van der Waals surface area contributed by atoms with E-state index in [0.29, 0.717) is 25.1 Å². The molecule has 0 bridgehead atoms. The fraction of sp³-hybridized carbons (Fsp3) is 0.560. The Bertz CT molecular complexity index is 919. The lowest BCUT2D eigenvalue weighted by Crippen LogP contribution is -2.57. The second-order valence-electron chi connectivity index (χ2n) is 8.82. The van der Waals surface area contributed by atoms with Crippen molar-refractivity contribution >= 4 is 41.4 Å². The standard InChI is InChI=1S/C25H39N5O7S/c1-38-14-12-18(23(34)29-19(25(36)37)9-5-6-13-26)28-24(35)20(15-16-7-3-2-4-8-16)30-22(33)17(27)10-11-21(31)32/h2-4,7-8,17-20H,5-6,9-15,26-27H2,1H3,(H,28,35)(H,29,34)(H,30,33)(H,31,32)(H,36,37). The molecule has 3 amide bonds. The lowest BCUT2D eigenvalue weighted by atomic mass is 10.0. The summed E-state index contributed by atoms with van der Waals surface area (Å²) >= 11 is 1.45. The minimum absolute atomic E-state index is 0.0950. The van der Waals surface area contributed by atoms with Crippen LogP contribution in [-0.4, -0.2) is 82.6 Å². The van der Waals surface area contributed by atoms with Crippen LogP contribution in [0.25, 0.3) is 0 Å². The summed E-state index contributed by atoms with van der Waals surface area (Å²) in [5.41, 5.74) is 12.0. The number of hydrogen-bond donors (Lipinski definition) is 7. The molecule has 13 heteroatoms. The van der Waals surface area contributed by atoms with Crippen molar-refractivity contribution < 1.29 is 34.2 Å². The molecule has 212 valence electrons. The number of unbranched alkanes of at least 4 members (excludes halogenated alkanes) is 1. The highest BCUT2D eigenvalue weighted by atomic mass is 32.2. The zero-order valence-corrected chi connectivity index (χ0v) is 22.4. The van der Waals surface area contributed by atoms with Gasteiger partial charge in [-0.3, -0.25) is 19.2 Å². The third-order valence-electron chi connectivity index (χ3n) is 5.73. The van der Waals surface area contributed by atoms with E-state index in [1.807, 2.05) is 6.26 Å². The van der Waals surface area contributed by atoms with E-state index in [4.69, 9.17) is 16.6 Å². The first-order chi connectivity index (χ1) is 18.1. The normalized spacial score (nSPS) is 14.0. The molecule has 1 aromatic rings. The topological polar surface area (TPSA) is 214 Å². The number of carboxylic acid groups (broad SMARTS) is 2. The minimum atomic E-state index is -1.19. The van der Waals surface area contributed by atoms with Crippen molar-refractivity contribution in [3.05, 3.63) is 35.9 Å². The molecule has 0 fully saturated rings. The average molecular weight is 554 g/mol. The maximum absolute atomic E-state index is 13.3. The van der Waals surface area contributed by atoms with Crippen LogP contribution in [0.4, 0.5) is 0 Å². The summed E-state index contributed by atoms with van der Waals surface area (Å²) in [5, 5.41) is 26.1. The van der Waals surface area contributed by atoms with Gasteiger partial charge in [-0.1, -0.05) is 30.3 Å². The predicted octanol–water partition coefficient (Wildman–Crippen LogP) is -0.158. The molecular formula is C25H39N5O7S. The van der Waals surface area contributed by atoms with Gasteiger partial charge in [-0.2, -0.15) is 11.8 Å². The lowest BCUT2D eigenvalue weighted by Gasteiger charge is -2.25. The largest absolute Gasteiger partial charge is 0.481 e. The van der Waals surface area contributed by atoms with Crippen molar-refractivity contribution in [2.45, 2.75) is 69.1 Å². The van der Waals surface area contributed by atoms with Crippen molar-refractivity contribution in [1.82, 2.24) is 16.0 Å². The maximum atomic E-state index is 13.3. The molecule has 12 nitrogen and oxygen atoms in total. The second kappa shape index (κ2) is 18.2. The Balaban J connectivity index is 3.04. The van der Waals surface area contributed by atoms with Gasteiger partial charge in [0.25, 0.3) is 0 Å². The summed E-state index contributed by atoms with van der Waals surface area (Å²) in [5.74, 6) is -3.76. The number of carbonyl (C=O) groups excluding carboxylic acids is 3. The molecule has 4 atom stereocenters. The summed E-state index contributed by atoms with van der Waals surface area (Å²) in [7, 11) is 0. The van der Waals surface area contributed by atoms with Gasteiger partial charge in [0.2, 0.25) is 17.7 Å². The van der Waals surface area contributed by atoms with Gasteiger partial charge < -0.3 is 37.6 Å². The van der Waals surface area contributed by atoms with E-state index in [1.165, 1.54) is 11.8 Å². The first kappa shape index (κ1) is 32.9. The highest BCUT2D eigenvalue weighted by Gasteiger charge is 2.30. The van der Waals surface area contributed by atoms with Crippen molar-refractivity contribution in [1.29, 1.82) is 0 Å². The highest BCUT2D eigenvalue weighted by Crippen LogP contribution is 2.08. The Morgan fingerprint density at radius 3 is 2.03 bits per heavy atom. The molecule has 0 aliphatic carbocycles. The van der Waals surface area contributed by atoms with Crippen LogP contribution < -0.4 is 27.4 Å². The molecule has 4 unspecified atom stereocenters. The number of nitrogens with two attached hydrogens (primary N) is 2. The van der Waals surface area contributed by atoms with Crippen LogP contribution >= 0.6 is 11.8 Å². The average Bonchev–Trinajstić information content (AvgIpc) is 2.88. The third-order valence-corrected chi connectivity index (χ3v) is 6.37. The molecule has 0 saturated heterocycles. The smallest absolute Gasteiger partial charge is 0.326 e. The number of aliphatic carboxylic acids is 2. The van der Waals surface area contributed by atoms with Crippen molar-refractivity contribution in [2.75, 3.05) is 18.6 Å². The van der Waals surface area contributed by atoms with Crippen LogP contribution in [0.15, 0.2) is 30.3 Å². The maximum Gasteiger partial charge on any atom is 0.326 e. The van der Waals surface area contributed by atoms with Crippen molar-refractivity contribution in [3.63, 3.8) is 0 Å². The Kier molecular flexibility index (Phi) is 15.7. The molecule has 38 heavy (non-hydrogen) atoms. The van der Waals surface area contributed by atoms with E-state index >= 15 is 0 Å². The first-order valence-electron chi connectivity index (χ1n) is 12.4. The quantitative estimate of drug-likeness (QED) is 0.112. The summed E-state index contributed by atoms with van der Waals surface area (Å²) in [4.78, 5) is 61.4. The predicted molar refractivity (Wildman–Crippen MR) is 144 cm³/mol. The number of amides is 3. The molecule has 0 aromatic heterocycles. The number of carboxylic acids is 2. The Morgan fingerprint density at radius 2 is 1.45 bits per heavy atom. The van der Waals surface area contributed by atoms with Crippen LogP contribution in [0.1, 0.15) is 44.1 Å². The zero-order chi connectivity index (χ0) is 28.5. The Hall–Kier alpha value is -3.16. The number of benzene rings is 1. The monoisotopic (exact) mass is 553 g/mol. The van der Waals surface area contributed by atoms with E-state index in [1.54, 1.807) is 30.3 Å². The van der Waals surface area contributed by atoms with E-state index in [0.717, 1.165) is 5.56 Å². The SMILES string of the molecule is CSCCC(NC(=O)C(Cc1ccccc1)NC(=O)C(N)CCC(=O)O)C(=O)NC(CCCCN)C(=O)O. The molecule has 0 aliphatic rings. The molecule has 0 saturated carbocycles. The van der Waals surface area contributed by atoms with Gasteiger partial charge in [-0.15, -0.1) is 0 Å². The number of carbonyl (C=O) groups is 5. The van der Waals surface area contributed by atoms with E-state index in [2.05, 4.69) is 16.0 Å². The molecular weight excluding hydrogens is 514 g/mol. The van der Waals surface area contributed by atoms with Gasteiger partial charge in [0.15, 0.2) is 0 Å². The van der Waals surface area contributed by atoms with Gasteiger partial charge in [0.1, 0.15) is 18.1 Å². The van der Waals surface area contributed by atoms with Crippen LogP contribution in [0.5, 0.6) is 0 Å². The second-order valence-corrected chi connectivity index (χ2v) is 9.80. The Labute approximate surface area is 226 Å². The zero-order valence-electron chi connectivity index (χ0n) is 21.6. The fourth-order valence-corrected chi connectivity index (χ4v) is 4.02. The van der Waals surface area contributed by atoms with Crippen LogP contribution in [0.2, 0.25) is 0 Å². The molecule has 0 radical (unpaired) electrons. The van der Waals surface area contributed by atoms with Gasteiger partial charge in [0.05, 0.1) is 6.04 Å². The van der Waals surface area contributed by atoms with Gasteiger partial charge in [-0.25, -0.2) is 4.79 Å². The summed E-state index contributed by atoms with van der Waals surface area (Å²) in [6, 6.07) is 4.47. The first-order valence-corrected chi connectivity index (χ1v) is 13.8. The summed E-state index contributed by atoms with van der Waals surface area (Å²) in [6.07, 6.45) is 3.07. The van der Waals surface area contributed by atoms with Crippen LogP contribution in [0.3, 0.4) is 0 Å². The molecule has 0 spiro atoms. The van der Waals surface area contributed by atoms with Crippen LogP contribution in [0, 0.1) is 0 Å². The van der Waals surface area contributed by atoms with Crippen molar-refractivity contribution in [2.24, 2.45) is 11.5 Å². The van der Waals surface area contributed by atoms with E-state index in [-0.39, 0.29) is 32.1 Å². The minimum Gasteiger partial charge on any atom is -0.481 e. The number of nitrogens with one attached hydrogen (secondary N) is 3. The molecule has 0 aliphatic heterocycles. The van der Waals surface area contributed by atoms with Gasteiger partial charge in [-0.05, 0) is 56.2 Å².